The molecule has 6 nitrogen and oxygen atoms in total. The number of aromatic nitrogens is 2. The van der Waals surface area contributed by atoms with Crippen LogP contribution >= 0.6 is 11.5 Å². The molecule has 144 valence electrons. The monoisotopic (exact) mass is 386 g/mol. The molecular weight excluding hydrogens is 360 g/mol. The highest BCUT2D eigenvalue weighted by atomic mass is 32.1. The molecule has 0 saturated heterocycles. The van der Waals surface area contributed by atoms with E-state index in [-0.39, 0.29) is 24.1 Å². The van der Waals surface area contributed by atoms with Crippen molar-refractivity contribution in [1.82, 2.24) is 19.8 Å². The molecule has 1 heterocycles. The second-order valence-electron chi connectivity index (χ2n) is 7.27. The molecule has 0 saturated carbocycles. The third-order valence-electron chi connectivity index (χ3n) is 3.93. The fourth-order valence-electron chi connectivity index (χ4n) is 2.70. The van der Waals surface area contributed by atoms with E-state index >= 15 is 0 Å². The maximum absolute atomic E-state index is 13.1. The summed E-state index contributed by atoms with van der Waals surface area (Å²) in [5.74, 6) is -0.595. The first kappa shape index (κ1) is 20.8. The summed E-state index contributed by atoms with van der Waals surface area (Å²) in [7, 11) is 0. The summed E-state index contributed by atoms with van der Waals surface area (Å²) in [6.07, 6.45) is 2.51. The standard InChI is InChI=1S/C20H26N4O2S/c1-6-12-24(19(26)16-13-27-23-22-16)17(18(25)21-20(3,4)5)15-10-8-14(7-2)9-11-15/h6,8-11,13,17H,1,7,12H2,2-5H3,(H,21,25). The predicted molar refractivity (Wildman–Crippen MR) is 108 cm³/mol. The molecule has 0 aliphatic carbocycles. The minimum atomic E-state index is -0.790. The number of amides is 2. The lowest BCUT2D eigenvalue weighted by Gasteiger charge is -2.32. The Kier molecular flexibility index (Phi) is 6.85. The lowest BCUT2D eigenvalue weighted by atomic mass is 9.99. The van der Waals surface area contributed by atoms with E-state index in [0.29, 0.717) is 0 Å². The third-order valence-corrected chi connectivity index (χ3v) is 4.43. The van der Waals surface area contributed by atoms with Gasteiger partial charge in [0.05, 0.1) is 0 Å². The summed E-state index contributed by atoms with van der Waals surface area (Å²) in [6, 6.07) is 6.96. The van der Waals surface area contributed by atoms with Gasteiger partial charge in [0.15, 0.2) is 5.69 Å². The van der Waals surface area contributed by atoms with Gasteiger partial charge in [-0.2, -0.15) is 0 Å². The van der Waals surface area contributed by atoms with E-state index in [2.05, 4.69) is 28.4 Å². The van der Waals surface area contributed by atoms with Crippen molar-refractivity contribution in [1.29, 1.82) is 0 Å². The van der Waals surface area contributed by atoms with Crippen LogP contribution in [0.1, 0.15) is 55.4 Å². The number of carbonyl (C=O) groups is 2. The highest BCUT2D eigenvalue weighted by Gasteiger charge is 2.33. The topological polar surface area (TPSA) is 75.2 Å². The van der Waals surface area contributed by atoms with Crippen molar-refractivity contribution < 1.29 is 9.59 Å². The molecule has 1 atom stereocenters. The first-order valence-corrected chi connectivity index (χ1v) is 9.70. The van der Waals surface area contributed by atoms with Crippen molar-refractivity contribution in [2.45, 2.75) is 45.7 Å². The molecule has 0 aliphatic heterocycles. The highest BCUT2D eigenvalue weighted by molar-refractivity contribution is 7.03. The second kappa shape index (κ2) is 8.90. The van der Waals surface area contributed by atoms with Crippen LogP contribution in [0.2, 0.25) is 0 Å². The molecule has 1 unspecified atom stereocenters. The van der Waals surface area contributed by atoms with Crippen LogP contribution in [0.3, 0.4) is 0 Å². The van der Waals surface area contributed by atoms with Crippen LogP contribution in [0.15, 0.2) is 42.3 Å². The molecule has 1 aromatic heterocycles. The fourth-order valence-corrected chi connectivity index (χ4v) is 3.13. The molecule has 0 spiro atoms. The maximum atomic E-state index is 13.1. The predicted octanol–water partition coefficient (Wildman–Crippen LogP) is 3.38. The minimum absolute atomic E-state index is 0.216. The van der Waals surface area contributed by atoms with Crippen LogP contribution in [0.5, 0.6) is 0 Å². The number of nitrogens with one attached hydrogen (secondary N) is 1. The summed E-state index contributed by atoms with van der Waals surface area (Å²) in [4.78, 5) is 27.6. The molecular formula is C20H26N4O2S. The molecule has 2 rings (SSSR count). The Morgan fingerprint density at radius 3 is 2.44 bits per heavy atom. The zero-order valence-corrected chi connectivity index (χ0v) is 17.0. The Balaban J connectivity index is 2.47. The lowest BCUT2D eigenvalue weighted by molar-refractivity contribution is -0.127. The Labute approximate surface area is 164 Å². The van der Waals surface area contributed by atoms with Crippen LogP contribution in [-0.2, 0) is 11.2 Å². The third kappa shape index (κ3) is 5.47. The normalized spacial score (nSPS) is 12.3. The minimum Gasteiger partial charge on any atom is -0.349 e. The summed E-state index contributed by atoms with van der Waals surface area (Å²) in [6.45, 7) is 11.8. The van der Waals surface area contributed by atoms with Crippen molar-refractivity contribution in [3.05, 3.63) is 59.1 Å². The van der Waals surface area contributed by atoms with Gasteiger partial charge in [0.1, 0.15) is 6.04 Å². The van der Waals surface area contributed by atoms with Gasteiger partial charge in [0.2, 0.25) is 5.91 Å². The Hall–Kier alpha value is -2.54. The number of carbonyl (C=O) groups excluding carboxylic acids is 2. The van der Waals surface area contributed by atoms with Gasteiger partial charge in [-0.25, -0.2) is 0 Å². The van der Waals surface area contributed by atoms with Crippen LogP contribution < -0.4 is 5.32 Å². The van der Waals surface area contributed by atoms with Crippen LogP contribution in [-0.4, -0.2) is 38.4 Å². The van der Waals surface area contributed by atoms with Crippen LogP contribution in [0, 0.1) is 0 Å². The van der Waals surface area contributed by atoms with Gasteiger partial charge in [-0.05, 0) is 49.9 Å². The van der Waals surface area contributed by atoms with Crippen molar-refractivity contribution >= 4 is 23.3 Å². The molecule has 0 radical (unpaired) electrons. The average molecular weight is 387 g/mol. The summed E-state index contributed by atoms with van der Waals surface area (Å²) >= 11 is 1.10. The van der Waals surface area contributed by atoms with Gasteiger partial charge in [-0.1, -0.05) is 41.8 Å². The number of benzene rings is 1. The smallest absolute Gasteiger partial charge is 0.276 e. The largest absolute Gasteiger partial charge is 0.349 e. The van der Waals surface area contributed by atoms with Crippen LogP contribution in [0.25, 0.3) is 0 Å². The molecule has 1 N–H and O–H groups in total. The second-order valence-corrected chi connectivity index (χ2v) is 7.88. The lowest BCUT2D eigenvalue weighted by Crippen LogP contribution is -2.49. The molecule has 2 aromatic rings. The van der Waals surface area contributed by atoms with Crippen LogP contribution in [0.4, 0.5) is 0 Å². The fraction of sp³-hybridized carbons (Fsp3) is 0.400. The van der Waals surface area contributed by atoms with Crippen molar-refractivity contribution in [2.75, 3.05) is 6.54 Å². The number of nitrogens with zero attached hydrogens (tertiary/aromatic N) is 3. The quantitative estimate of drug-likeness (QED) is 0.740. The van der Waals surface area contributed by atoms with E-state index in [1.165, 1.54) is 10.5 Å². The highest BCUT2D eigenvalue weighted by Crippen LogP contribution is 2.25. The Morgan fingerprint density at radius 1 is 1.30 bits per heavy atom. The molecule has 0 aliphatic rings. The SMILES string of the molecule is C=CCN(C(=O)c1csnn1)C(C(=O)NC(C)(C)C)c1ccc(CC)cc1. The van der Waals surface area contributed by atoms with Crippen molar-refractivity contribution in [2.24, 2.45) is 0 Å². The van der Waals surface area contributed by atoms with E-state index in [4.69, 9.17) is 0 Å². The molecule has 7 heteroatoms. The number of hydrogen-bond acceptors (Lipinski definition) is 5. The summed E-state index contributed by atoms with van der Waals surface area (Å²) in [5, 5.41) is 8.43. The van der Waals surface area contributed by atoms with E-state index in [9.17, 15) is 9.59 Å². The van der Waals surface area contributed by atoms with E-state index in [0.717, 1.165) is 23.5 Å². The van der Waals surface area contributed by atoms with Gasteiger partial charge in [-0.15, -0.1) is 11.7 Å². The zero-order chi connectivity index (χ0) is 20.0. The number of rotatable bonds is 7. The van der Waals surface area contributed by atoms with E-state index in [1.54, 1.807) is 11.5 Å². The molecule has 27 heavy (non-hydrogen) atoms. The first-order chi connectivity index (χ1) is 12.8. The van der Waals surface area contributed by atoms with Gasteiger partial charge >= 0.3 is 0 Å². The van der Waals surface area contributed by atoms with Crippen molar-refractivity contribution in [3.8, 4) is 0 Å². The zero-order valence-electron chi connectivity index (χ0n) is 16.2. The molecule has 2 amide bonds. The summed E-state index contributed by atoms with van der Waals surface area (Å²) in [5.41, 5.74) is 1.70. The Bertz CT molecular complexity index is 779. The molecule has 0 bridgehead atoms. The van der Waals surface area contributed by atoms with Gasteiger partial charge < -0.3 is 10.2 Å². The molecule has 1 aromatic carbocycles. The van der Waals surface area contributed by atoms with E-state index in [1.807, 2.05) is 45.0 Å². The van der Waals surface area contributed by atoms with E-state index < -0.39 is 11.6 Å². The first-order valence-electron chi connectivity index (χ1n) is 8.86. The van der Waals surface area contributed by atoms with Gasteiger partial charge in [0.25, 0.3) is 5.91 Å². The maximum Gasteiger partial charge on any atom is 0.276 e. The summed E-state index contributed by atoms with van der Waals surface area (Å²) < 4.78 is 3.76. The number of aryl methyl sites for hydroxylation is 1. The van der Waals surface area contributed by atoms with Gasteiger partial charge in [-0.3, -0.25) is 9.59 Å². The molecule has 0 fully saturated rings. The van der Waals surface area contributed by atoms with Gasteiger partial charge in [0, 0.05) is 17.5 Å². The average Bonchev–Trinajstić information content (AvgIpc) is 3.14. The number of hydrogen-bond donors (Lipinski definition) is 1. The van der Waals surface area contributed by atoms with Crippen molar-refractivity contribution in [3.63, 3.8) is 0 Å². The Morgan fingerprint density at radius 2 is 1.96 bits per heavy atom.